The van der Waals surface area contributed by atoms with Crippen molar-refractivity contribution >= 4 is 23.3 Å². The number of carbonyl (C=O) groups is 2. The minimum atomic E-state index is -2.19. The van der Waals surface area contributed by atoms with Gasteiger partial charge in [0.1, 0.15) is 5.44 Å². The van der Waals surface area contributed by atoms with Crippen LogP contribution in [0.4, 0.5) is 0 Å². The zero-order valence-electron chi connectivity index (χ0n) is 11.9. The van der Waals surface area contributed by atoms with E-state index in [-0.39, 0.29) is 6.42 Å². The van der Waals surface area contributed by atoms with Gasteiger partial charge in [0.25, 0.3) is 0 Å². The Kier molecular flexibility index (Phi) is 4.53. The number of ether oxygens (including phenoxy) is 1. The number of hydrogen-bond acceptors (Lipinski definition) is 6. The fourth-order valence-corrected chi connectivity index (χ4v) is 3.43. The molecule has 2 rings (SSSR count). The second kappa shape index (κ2) is 5.88. The lowest BCUT2D eigenvalue weighted by Crippen LogP contribution is -2.68. The predicted octanol–water partition coefficient (Wildman–Crippen LogP) is 1.17. The Balaban J connectivity index is 2.22. The maximum absolute atomic E-state index is 11.8. The molecule has 1 heterocycles. The summed E-state index contributed by atoms with van der Waals surface area (Å²) in [5.74, 6) is -1.31. The van der Waals surface area contributed by atoms with Crippen molar-refractivity contribution in [3.8, 4) is 0 Å². The summed E-state index contributed by atoms with van der Waals surface area (Å²) in [5, 5.41) is 20.9. The summed E-state index contributed by atoms with van der Waals surface area (Å²) in [4.78, 5) is 24.4. The third kappa shape index (κ3) is 2.89. The van der Waals surface area contributed by atoms with E-state index in [0.717, 1.165) is 11.8 Å². The molecule has 1 aromatic rings. The molecule has 114 valence electrons. The van der Waals surface area contributed by atoms with Crippen molar-refractivity contribution in [2.45, 2.75) is 41.8 Å². The first-order chi connectivity index (χ1) is 9.79. The first-order valence-electron chi connectivity index (χ1n) is 6.60. The largest absolute Gasteiger partial charge is 0.378 e. The number of aliphatic hydroxyl groups is 2. The minimum absolute atomic E-state index is 0.141. The Hall–Kier alpha value is -1.21. The first kappa shape index (κ1) is 16.2. The molecular formula is C15H18O5S. The Morgan fingerprint density at radius 1 is 1.14 bits per heavy atom. The average molecular weight is 310 g/mol. The van der Waals surface area contributed by atoms with Crippen LogP contribution in [0.15, 0.2) is 35.2 Å². The molecule has 0 saturated carbocycles. The molecule has 6 heteroatoms. The van der Waals surface area contributed by atoms with E-state index >= 15 is 0 Å². The molecule has 1 fully saturated rings. The maximum atomic E-state index is 11.8. The molecule has 0 aromatic heterocycles. The van der Waals surface area contributed by atoms with Crippen LogP contribution in [0.3, 0.4) is 0 Å². The van der Waals surface area contributed by atoms with E-state index in [2.05, 4.69) is 0 Å². The summed E-state index contributed by atoms with van der Waals surface area (Å²) >= 11 is 1.34. The van der Waals surface area contributed by atoms with E-state index < -0.39 is 34.8 Å². The van der Waals surface area contributed by atoms with Crippen LogP contribution >= 0.6 is 11.8 Å². The number of rotatable bonds is 4. The fraction of sp³-hybridized carbons (Fsp3) is 0.467. The zero-order valence-corrected chi connectivity index (χ0v) is 12.7. The lowest BCUT2D eigenvalue weighted by molar-refractivity contribution is -0.216. The van der Waals surface area contributed by atoms with Gasteiger partial charge in [-0.25, -0.2) is 0 Å². The van der Waals surface area contributed by atoms with Gasteiger partial charge in [0.15, 0.2) is 22.8 Å². The van der Waals surface area contributed by atoms with Gasteiger partial charge < -0.3 is 14.9 Å². The molecule has 0 bridgehead atoms. The summed E-state index contributed by atoms with van der Waals surface area (Å²) in [5.41, 5.74) is -4.82. The molecule has 1 aliphatic heterocycles. The predicted molar refractivity (Wildman–Crippen MR) is 77.9 cm³/mol. The van der Waals surface area contributed by atoms with Crippen LogP contribution in [0.2, 0.25) is 0 Å². The zero-order chi connectivity index (χ0) is 15.7. The molecule has 5 nitrogen and oxygen atoms in total. The highest BCUT2D eigenvalue weighted by molar-refractivity contribution is 7.99. The fourth-order valence-electron chi connectivity index (χ4n) is 2.36. The number of Topliss-reactive ketones (excluding diaryl/α,β-unsaturated/α-hetero) is 2. The van der Waals surface area contributed by atoms with Crippen LogP contribution < -0.4 is 0 Å². The number of thioether (sulfide) groups is 1. The second-order valence-electron chi connectivity index (χ2n) is 5.21. The lowest BCUT2D eigenvalue weighted by Gasteiger charge is -2.45. The van der Waals surface area contributed by atoms with Crippen molar-refractivity contribution < 1.29 is 24.5 Å². The summed E-state index contributed by atoms with van der Waals surface area (Å²) in [6.07, 6.45) is -0.141. The molecule has 21 heavy (non-hydrogen) atoms. The SMILES string of the molecule is CC(=O)[C@]1(O)C[C@H](Sc2ccccc2)OC[C@]1(O)C(C)=O. The number of hydrogen-bond donors (Lipinski definition) is 2. The summed E-state index contributed by atoms with van der Waals surface area (Å²) < 4.78 is 5.48. The van der Waals surface area contributed by atoms with E-state index in [0.29, 0.717) is 0 Å². The van der Waals surface area contributed by atoms with Gasteiger partial charge in [0.05, 0.1) is 6.61 Å². The van der Waals surface area contributed by atoms with E-state index in [4.69, 9.17) is 4.74 Å². The van der Waals surface area contributed by atoms with Crippen LogP contribution in [0.1, 0.15) is 20.3 Å². The quantitative estimate of drug-likeness (QED) is 0.868. The van der Waals surface area contributed by atoms with Crippen molar-refractivity contribution in [1.29, 1.82) is 0 Å². The summed E-state index contributed by atoms with van der Waals surface area (Å²) in [7, 11) is 0. The highest BCUT2D eigenvalue weighted by atomic mass is 32.2. The number of benzene rings is 1. The monoisotopic (exact) mass is 310 g/mol. The minimum Gasteiger partial charge on any atom is -0.378 e. The van der Waals surface area contributed by atoms with Crippen molar-refractivity contribution in [2.24, 2.45) is 0 Å². The van der Waals surface area contributed by atoms with Crippen LogP contribution in [0.5, 0.6) is 0 Å². The van der Waals surface area contributed by atoms with Gasteiger partial charge in [0.2, 0.25) is 0 Å². The normalized spacial score (nSPS) is 32.7. The third-order valence-electron chi connectivity index (χ3n) is 3.80. The van der Waals surface area contributed by atoms with E-state index in [1.807, 2.05) is 30.3 Å². The van der Waals surface area contributed by atoms with Crippen LogP contribution in [0, 0.1) is 0 Å². The molecule has 0 radical (unpaired) electrons. The van der Waals surface area contributed by atoms with E-state index in [9.17, 15) is 19.8 Å². The molecule has 0 aliphatic carbocycles. The average Bonchev–Trinajstić information content (AvgIpc) is 2.44. The Morgan fingerprint density at radius 3 is 2.24 bits per heavy atom. The molecule has 3 atom stereocenters. The van der Waals surface area contributed by atoms with Crippen molar-refractivity contribution in [3.05, 3.63) is 30.3 Å². The molecule has 0 amide bonds. The molecule has 0 unspecified atom stereocenters. The molecule has 0 spiro atoms. The van der Waals surface area contributed by atoms with Gasteiger partial charge in [-0.1, -0.05) is 30.0 Å². The summed E-state index contributed by atoms with van der Waals surface area (Å²) in [6.45, 7) is 1.91. The maximum Gasteiger partial charge on any atom is 0.181 e. The third-order valence-corrected chi connectivity index (χ3v) is 4.91. The molecule has 2 N–H and O–H groups in total. The summed E-state index contributed by atoms with van der Waals surface area (Å²) in [6, 6.07) is 9.38. The first-order valence-corrected chi connectivity index (χ1v) is 7.48. The van der Waals surface area contributed by atoms with E-state index in [1.54, 1.807) is 0 Å². The van der Waals surface area contributed by atoms with E-state index in [1.165, 1.54) is 18.7 Å². The van der Waals surface area contributed by atoms with Gasteiger partial charge >= 0.3 is 0 Å². The lowest BCUT2D eigenvalue weighted by atomic mass is 9.74. The second-order valence-corrected chi connectivity index (χ2v) is 6.44. The van der Waals surface area contributed by atoms with Gasteiger partial charge in [-0.15, -0.1) is 0 Å². The standard InChI is InChI=1S/C15H18O5S/c1-10(16)14(18)8-13(20-9-15(14,19)11(2)17)21-12-6-4-3-5-7-12/h3-7,13,18-19H,8-9H2,1-2H3/t13-,14+,15-/m0/s1. The molecular weight excluding hydrogens is 292 g/mol. The van der Waals surface area contributed by atoms with Gasteiger partial charge in [-0.05, 0) is 26.0 Å². The highest BCUT2D eigenvalue weighted by Crippen LogP contribution is 2.40. The molecule has 1 aliphatic rings. The molecule has 1 saturated heterocycles. The van der Waals surface area contributed by atoms with Crippen LogP contribution in [0.25, 0.3) is 0 Å². The number of carbonyl (C=O) groups excluding carboxylic acids is 2. The highest BCUT2D eigenvalue weighted by Gasteiger charge is 2.60. The van der Waals surface area contributed by atoms with Crippen molar-refractivity contribution in [3.63, 3.8) is 0 Å². The van der Waals surface area contributed by atoms with Gasteiger partial charge in [0, 0.05) is 11.3 Å². The van der Waals surface area contributed by atoms with Crippen molar-refractivity contribution in [1.82, 2.24) is 0 Å². The Bertz CT molecular complexity index is 546. The van der Waals surface area contributed by atoms with Crippen LogP contribution in [-0.2, 0) is 14.3 Å². The van der Waals surface area contributed by atoms with Gasteiger partial charge in [-0.2, -0.15) is 0 Å². The molecule has 1 aromatic carbocycles. The number of ketones is 2. The van der Waals surface area contributed by atoms with Crippen LogP contribution in [-0.4, -0.2) is 45.0 Å². The Morgan fingerprint density at radius 2 is 1.71 bits per heavy atom. The Labute approximate surface area is 127 Å². The van der Waals surface area contributed by atoms with Crippen molar-refractivity contribution in [2.75, 3.05) is 6.61 Å². The van der Waals surface area contributed by atoms with Gasteiger partial charge in [-0.3, -0.25) is 9.59 Å². The topological polar surface area (TPSA) is 83.8 Å². The smallest absolute Gasteiger partial charge is 0.181 e.